The summed E-state index contributed by atoms with van der Waals surface area (Å²) in [6, 6.07) is 19.0. The SMILES string of the molecule is CC.CC.CC.CCN(CC)C(=O)OC.COc1ccc(C(Cc2ccncc2)OC(=O)Cc2ccccc2)cc1OC.[W]. The van der Waals surface area contributed by atoms with Gasteiger partial charge in [0.15, 0.2) is 11.5 Å². The van der Waals surface area contributed by atoms with Gasteiger partial charge in [-0.25, -0.2) is 4.79 Å². The van der Waals surface area contributed by atoms with Crippen LogP contribution in [0.5, 0.6) is 11.5 Å². The molecule has 9 heteroatoms. The molecule has 0 bridgehead atoms. The quantitative estimate of drug-likeness (QED) is 0.191. The van der Waals surface area contributed by atoms with E-state index in [1.54, 1.807) is 31.5 Å². The Morgan fingerprint density at radius 3 is 1.75 bits per heavy atom. The van der Waals surface area contributed by atoms with Crippen LogP contribution in [0.4, 0.5) is 4.79 Å². The topological polar surface area (TPSA) is 87.2 Å². The number of rotatable bonds is 10. The van der Waals surface area contributed by atoms with Crippen molar-refractivity contribution in [2.75, 3.05) is 34.4 Å². The second-order valence-corrected chi connectivity index (χ2v) is 7.96. The molecule has 0 aliphatic rings. The molecule has 0 fully saturated rings. The number of esters is 1. The molecule has 0 aliphatic heterocycles. The minimum atomic E-state index is -0.446. The number of aromatic nitrogens is 1. The van der Waals surface area contributed by atoms with E-state index in [1.165, 1.54) is 7.11 Å². The maximum Gasteiger partial charge on any atom is 0.409 e. The molecule has 3 aromatic rings. The molecule has 0 N–H and O–H groups in total. The van der Waals surface area contributed by atoms with E-state index >= 15 is 0 Å². The van der Waals surface area contributed by atoms with Crippen LogP contribution >= 0.6 is 0 Å². The van der Waals surface area contributed by atoms with Gasteiger partial charge in [-0.15, -0.1) is 0 Å². The third-order valence-electron chi connectivity index (χ3n) is 5.61. The number of methoxy groups -OCH3 is 3. The van der Waals surface area contributed by atoms with Crippen molar-refractivity contribution in [2.24, 2.45) is 0 Å². The van der Waals surface area contributed by atoms with Gasteiger partial charge in [-0.05, 0) is 54.8 Å². The zero-order valence-electron chi connectivity index (χ0n) is 28.6. The van der Waals surface area contributed by atoms with Crippen molar-refractivity contribution in [3.05, 3.63) is 89.7 Å². The maximum absolute atomic E-state index is 12.6. The van der Waals surface area contributed by atoms with Crippen molar-refractivity contribution < 1.29 is 49.6 Å². The molecule has 8 nitrogen and oxygen atoms in total. The Balaban J connectivity index is -0.000000892. The number of nitrogens with zero attached hydrogens (tertiary/aromatic N) is 2. The van der Waals surface area contributed by atoms with E-state index < -0.39 is 6.10 Å². The van der Waals surface area contributed by atoms with Crippen LogP contribution in [-0.2, 0) is 48.2 Å². The van der Waals surface area contributed by atoms with Gasteiger partial charge in [-0.1, -0.05) is 77.9 Å². The molecule has 3 rings (SSSR count). The van der Waals surface area contributed by atoms with Crippen LogP contribution in [0, 0.1) is 0 Å². The Hall–Kier alpha value is -3.38. The van der Waals surface area contributed by atoms with Gasteiger partial charge < -0.3 is 23.8 Å². The first-order valence-electron chi connectivity index (χ1n) is 15.1. The van der Waals surface area contributed by atoms with E-state index in [4.69, 9.17) is 14.2 Å². The van der Waals surface area contributed by atoms with Gasteiger partial charge in [0.2, 0.25) is 0 Å². The first kappa shape index (κ1) is 45.1. The fourth-order valence-electron chi connectivity index (χ4n) is 3.59. The number of benzene rings is 2. The summed E-state index contributed by atoms with van der Waals surface area (Å²) in [7, 11) is 4.56. The van der Waals surface area contributed by atoms with Gasteiger partial charge in [0.1, 0.15) is 6.10 Å². The van der Waals surface area contributed by atoms with E-state index in [2.05, 4.69) is 9.72 Å². The van der Waals surface area contributed by atoms with Crippen LogP contribution in [0.15, 0.2) is 73.1 Å². The van der Waals surface area contributed by atoms with Crippen LogP contribution in [0.3, 0.4) is 0 Å². The second kappa shape index (κ2) is 29.7. The van der Waals surface area contributed by atoms with Crippen molar-refractivity contribution in [1.82, 2.24) is 9.88 Å². The standard InChI is InChI=1S/C23H23NO4.C6H13NO2.3C2H6.W/c1-26-20-9-8-19(16-22(20)27-2)21(14-18-10-12-24-13-11-18)28-23(25)15-17-6-4-3-5-7-17;1-4-7(5-2)6(8)9-3;3*1-2;/h3-13,16,21H,14-15H2,1-2H3;4-5H2,1-3H3;3*1-2H3;. The summed E-state index contributed by atoms with van der Waals surface area (Å²) in [6.45, 7) is 17.3. The molecule has 2 aromatic carbocycles. The van der Waals surface area contributed by atoms with Crippen molar-refractivity contribution in [3.63, 3.8) is 0 Å². The number of carbonyl (C=O) groups is 2. The predicted octanol–water partition coefficient (Wildman–Crippen LogP) is 8.34. The smallest absolute Gasteiger partial charge is 0.409 e. The first-order chi connectivity index (χ1) is 20.9. The number of carbonyl (C=O) groups excluding carboxylic acids is 2. The molecule has 0 spiro atoms. The summed E-state index contributed by atoms with van der Waals surface area (Å²) in [5.74, 6) is 0.948. The van der Waals surface area contributed by atoms with Crippen molar-refractivity contribution >= 4 is 12.1 Å². The van der Waals surface area contributed by atoms with Gasteiger partial charge in [-0.2, -0.15) is 0 Å². The Morgan fingerprint density at radius 2 is 1.30 bits per heavy atom. The van der Waals surface area contributed by atoms with Crippen LogP contribution in [0.25, 0.3) is 0 Å². The molecule has 44 heavy (non-hydrogen) atoms. The molecule has 0 radical (unpaired) electrons. The second-order valence-electron chi connectivity index (χ2n) is 7.96. The van der Waals surface area contributed by atoms with Gasteiger partial charge in [0, 0.05) is 53.0 Å². The van der Waals surface area contributed by atoms with Crippen LogP contribution in [-0.4, -0.2) is 56.4 Å². The number of pyridine rings is 1. The Bertz CT molecular complexity index is 1100. The number of amides is 1. The average molecular weight is 783 g/mol. The van der Waals surface area contributed by atoms with Gasteiger partial charge >= 0.3 is 12.1 Å². The third kappa shape index (κ3) is 17.7. The summed E-state index contributed by atoms with van der Waals surface area (Å²) in [6.07, 6.45) is 3.53. The van der Waals surface area contributed by atoms with Gasteiger partial charge in [0.25, 0.3) is 0 Å². The Labute approximate surface area is 280 Å². The van der Waals surface area contributed by atoms with Crippen molar-refractivity contribution in [1.29, 1.82) is 0 Å². The summed E-state index contributed by atoms with van der Waals surface area (Å²) in [4.78, 5) is 28.9. The monoisotopic (exact) mass is 782 g/mol. The summed E-state index contributed by atoms with van der Waals surface area (Å²) in [5, 5.41) is 0. The summed E-state index contributed by atoms with van der Waals surface area (Å²) >= 11 is 0. The van der Waals surface area contributed by atoms with Crippen LogP contribution < -0.4 is 9.47 Å². The Kier molecular flexibility index (Phi) is 30.4. The number of ether oxygens (including phenoxy) is 4. The molecule has 0 saturated carbocycles. The minimum Gasteiger partial charge on any atom is -0.493 e. The van der Waals surface area contributed by atoms with E-state index in [0.717, 1.165) is 16.7 Å². The predicted molar refractivity (Wildman–Crippen MR) is 176 cm³/mol. The molecule has 0 saturated heterocycles. The molecular formula is C35H54N2O6W. The largest absolute Gasteiger partial charge is 0.493 e. The zero-order chi connectivity index (χ0) is 33.0. The average Bonchev–Trinajstić information content (AvgIpc) is 3.08. The van der Waals surface area contributed by atoms with Gasteiger partial charge in [0.05, 0.1) is 27.8 Å². The fourth-order valence-corrected chi connectivity index (χ4v) is 3.59. The van der Waals surface area contributed by atoms with E-state index in [0.29, 0.717) is 31.0 Å². The number of hydrogen-bond donors (Lipinski definition) is 0. The van der Waals surface area contributed by atoms with Crippen molar-refractivity contribution in [3.8, 4) is 11.5 Å². The van der Waals surface area contributed by atoms with E-state index in [1.807, 2.05) is 116 Å². The molecular weight excluding hydrogens is 728 g/mol. The summed E-state index contributed by atoms with van der Waals surface area (Å²) < 4.78 is 21.1. The molecule has 1 aromatic heterocycles. The van der Waals surface area contributed by atoms with Crippen LogP contribution in [0.2, 0.25) is 0 Å². The molecule has 1 atom stereocenters. The van der Waals surface area contributed by atoms with E-state index in [-0.39, 0.29) is 39.5 Å². The molecule has 1 unspecified atom stereocenters. The van der Waals surface area contributed by atoms with Crippen LogP contribution in [0.1, 0.15) is 78.2 Å². The van der Waals surface area contributed by atoms with Gasteiger partial charge in [-0.3, -0.25) is 9.78 Å². The number of hydrogen-bond acceptors (Lipinski definition) is 7. The minimum absolute atomic E-state index is 0. The molecule has 246 valence electrons. The third-order valence-corrected chi connectivity index (χ3v) is 5.61. The Morgan fingerprint density at radius 1 is 0.750 bits per heavy atom. The molecule has 0 aliphatic carbocycles. The summed E-state index contributed by atoms with van der Waals surface area (Å²) in [5.41, 5.74) is 2.79. The first-order valence-corrected chi connectivity index (χ1v) is 15.1. The zero-order valence-corrected chi connectivity index (χ0v) is 31.5. The fraction of sp³-hybridized carbons (Fsp3) is 0.457. The molecule has 1 heterocycles. The molecule has 1 amide bonds. The maximum atomic E-state index is 12.6. The normalized spacial score (nSPS) is 9.52. The van der Waals surface area contributed by atoms with E-state index in [9.17, 15) is 9.59 Å². The van der Waals surface area contributed by atoms with Crippen molar-refractivity contribution in [2.45, 2.75) is 74.3 Å².